The van der Waals surface area contributed by atoms with Gasteiger partial charge in [-0.2, -0.15) is 0 Å². The quantitative estimate of drug-likeness (QED) is 0.793. The number of hydrogen-bond acceptors (Lipinski definition) is 1. The highest BCUT2D eigenvalue weighted by Gasteiger charge is 2.13. The molecule has 1 N–H and O–H groups in total. The molecule has 0 aliphatic carbocycles. The van der Waals surface area contributed by atoms with E-state index in [-0.39, 0.29) is 6.61 Å². The lowest BCUT2D eigenvalue weighted by atomic mass is 9.86. The zero-order valence-electron chi connectivity index (χ0n) is 13.5. The standard InChI is InChI=1S/C18H22O.C2H6/c1-2-16(14-15-8-4-3-5-9-15)18-11-7-6-10-17(18)12-13-19;1-2/h3-11,16,19H,2,12-14H2,1H3;1-2H3. The molecule has 0 aliphatic heterocycles. The third-order valence-corrected chi connectivity index (χ3v) is 3.69. The molecule has 2 rings (SSSR count). The Morgan fingerprint density at radius 3 is 2.14 bits per heavy atom. The lowest BCUT2D eigenvalue weighted by Gasteiger charge is -2.19. The minimum atomic E-state index is 0.221. The monoisotopic (exact) mass is 284 g/mol. The van der Waals surface area contributed by atoms with Gasteiger partial charge in [-0.25, -0.2) is 0 Å². The first-order valence-corrected chi connectivity index (χ1v) is 8.07. The Balaban J connectivity index is 0.00000106. The third-order valence-electron chi connectivity index (χ3n) is 3.69. The summed E-state index contributed by atoms with van der Waals surface area (Å²) in [6, 6.07) is 19.1. The first kappa shape index (κ1) is 17.5. The predicted octanol–water partition coefficient (Wildman–Crippen LogP) is 4.98. The van der Waals surface area contributed by atoms with Crippen LogP contribution in [0.5, 0.6) is 0 Å². The van der Waals surface area contributed by atoms with Crippen LogP contribution in [0.1, 0.15) is 49.8 Å². The van der Waals surface area contributed by atoms with Gasteiger partial charge in [-0.1, -0.05) is 75.4 Å². The minimum absolute atomic E-state index is 0.221. The molecule has 1 atom stereocenters. The van der Waals surface area contributed by atoms with Crippen molar-refractivity contribution in [1.29, 1.82) is 0 Å². The molecule has 1 heteroatoms. The first-order chi connectivity index (χ1) is 10.3. The summed E-state index contributed by atoms with van der Waals surface area (Å²) in [4.78, 5) is 0. The Hall–Kier alpha value is -1.60. The smallest absolute Gasteiger partial charge is 0.0471 e. The predicted molar refractivity (Wildman–Crippen MR) is 91.8 cm³/mol. The summed E-state index contributed by atoms with van der Waals surface area (Å²) in [5.74, 6) is 0.533. The maximum atomic E-state index is 9.19. The second-order valence-corrected chi connectivity index (χ2v) is 4.97. The molecule has 21 heavy (non-hydrogen) atoms. The van der Waals surface area contributed by atoms with Crippen molar-refractivity contribution in [3.05, 3.63) is 71.3 Å². The lowest BCUT2D eigenvalue weighted by molar-refractivity contribution is 0.299. The average molecular weight is 284 g/mol. The van der Waals surface area contributed by atoms with Crippen LogP contribution in [0.4, 0.5) is 0 Å². The zero-order chi connectivity index (χ0) is 15.5. The van der Waals surface area contributed by atoms with Gasteiger partial charge in [-0.3, -0.25) is 0 Å². The molecule has 0 radical (unpaired) electrons. The average Bonchev–Trinajstić information content (AvgIpc) is 2.56. The largest absolute Gasteiger partial charge is 0.396 e. The fourth-order valence-corrected chi connectivity index (χ4v) is 2.65. The normalized spacial score (nSPS) is 11.4. The van der Waals surface area contributed by atoms with Crippen molar-refractivity contribution in [2.24, 2.45) is 0 Å². The van der Waals surface area contributed by atoms with Gasteiger partial charge in [0.25, 0.3) is 0 Å². The molecular formula is C20H28O. The Labute approximate surface area is 129 Å². The van der Waals surface area contributed by atoms with E-state index in [0.29, 0.717) is 5.92 Å². The van der Waals surface area contributed by atoms with Gasteiger partial charge in [0, 0.05) is 6.61 Å². The zero-order valence-corrected chi connectivity index (χ0v) is 13.5. The summed E-state index contributed by atoms with van der Waals surface area (Å²) in [6.07, 6.45) is 2.94. The van der Waals surface area contributed by atoms with Gasteiger partial charge in [-0.05, 0) is 41.9 Å². The van der Waals surface area contributed by atoms with Gasteiger partial charge in [0.2, 0.25) is 0 Å². The van der Waals surface area contributed by atoms with Crippen molar-refractivity contribution in [1.82, 2.24) is 0 Å². The van der Waals surface area contributed by atoms with Crippen molar-refractivity contribution in [3.63, 3.8) is 0 Å². The summed E-state index contributed by atoms with van der Waals surface area (Å²) in [5, 5.41) is 9.19. The number of benzene rings is 2. The molecule has 2 aromatic rings. The molecule has 0 fully saturated rings. The summed E-state index contributed by atoms with van der Waals surface area (Å²) in [7, 11) is 0. The summed E-state index contributed by atoms with van der Waals surface area (Å²) < 4.78 is 0. The van der Waals surface area contributed by atoms with Crippen LogP contribution in [0.15, 0.2) is 54.6 Å². The Kier molecular flexibility index (Phi) is 8.45. The summed E-state index contributed by atoms with van der Waals surface area (Å²) in [5.41, 5.74) is 4.06. The highest BCUT2D eigenvalue weighted by Crippen LogP contribution is 2.27. The van der Waals surface area contributed by atoms with Gasteiger partial charge < -0.3 is 5.11 Å². The van der Waals surface area contributed by atoms with E-state index < -0.39 is 0 Å². The van der Waals surface area contributed by atoms with Crippen molar-refractivity contribution < 1.29 is 5.11 Å². The summed E-state index contributed by atoms with van der Waals surface area (Å²) in [6.45, 7) is 6.46. The van der Waals surface area contributed by atoms with Crippen LogP contribution in [0.25, 0.3) is 0 Å². The van der Waals surface area contributed by atoms with Gasteiger partial charge in [0.15, 0.2) is 0 Å². The Morgan fingerprint density at radius 1 is 0.905 bits per heavy atom. The van der Waals surface area contributed by atoms with Crippen molar-refractivity contribution >= 4 is 0 Å². The molecule has 0 spiro atoms. The molecule has 1 nitrogen and oxygen atoms in total. The summed E-state index contributed by atoms with van der Waals surface area (Å²) >= 11 is 0. The van der Waals surface area contributed by atoms with Crippen LogP contribution in [0.3, 0.4) is 0 Å². The Bertz CT molecular complexity index is 490. The van der Waals surface area contributed by atoms with E-state index in [4.69, 9.17) is 0 Å². The van der Waals surface area contributed by atoms with Crippen LogP contribution in [0, 0.1) is 0 Å². The molecule has 2 aromatic carbocycles. The van der Waals surface area contributed by atoms with Crippen LogP contribution in [0.2, 0.25) is 0 Å². The highest BCUT2D eigenvalue weighted by atomic mass is 16.2. The van der Waals surface area contributed by atoms with E-state index in [0.717, 1.165) is 19.3 Å². The maximum Gasteiger partial charge on any atom is 0.0471 e. The lowest BCUT2D eigenvalue weighted by Crippen LogP contribution is -2.06. The van der Waals surface area contributed by atoms with E-state index >= 15 is 0 Å². The molecule has 1 unspecified atom stereocenters. The number of aliphatic hydroxyl groups excluding tert-OH is 1. The fraction of sp³-hybridized carbons (Fsp3) is 0.400. The van der Waals surface area contributed by atoms with Gasteiger partial charge >= 0.3 is 0 Å². The minimum Gasteiger partial charge on any atom is -0.396 e. The van der Waals surface area contributed by atoms with Crippen LogP contribution in [-0.4, -0.2) is 11.7 Å². The van der Waals surface area contributed by atoms with E-state index in [9.17, 15) is 5.11 Å². The Morgan fingerprint density at radius 2 is 1.52 bits per heavy atom. The second kappa shape index (κ2) is 10.2. The van der Waals surface area contributed by atoms with Crippen LogP contribution < -0.4 is 0 Å². The van der Waals surface area contributed by atoms with E-state index in [1.807, 2.05) is 13.8 Å². The van der Waals surface area contributed by atoms with Crippen LogP contribution in [-0.2, 0) is 12.8 Å². The van der Waals surface area contributed by atoms with Gasteiger partial charge in [0.05, 0.1) is 0 Å². The van der Waals surface area contributed by atoms with Crippen molar-refractivity contribution in [2.45, 2.75) is 46.0 Å². The first-order valence-electron chi connectivity index (χ1n) is 8.07. The molecule has 0 saturated heterocycles. The molecule has 0 aliphatic rings. The highest BCUT2D eigenvalue weighted by molar-refractivity contribution is 5.32. The van der Waals surface area contributed by atoms with E-state index in [1.165, 1.54) is 16.7 Å². The molecule has 0 bridgehead atoms. The number of rotatable bonds is 6. The molecule has 0 saturated carbocycles. The van der Waals surface area contributed by atoms with Crippen LogP contribution >= 0.6 is 0 Å². The van der Waals surface area contributed by atoms with E-state index in [1.54, 1.807) is 0 Å². The van der Waals surface area contributed by atoms with Gasteiger partial charge in [-0.15, -0.1) is 0 Å². The second-order valence-electron chi connectivity index (χ2n) is 4.97. The number of aliphatic hydroxyl groups is 1. The molecule has 0 aromatic heterocycles. The van der Waals surface area contributed by atoms with Crippen molar-refractivity contribution in [3.8, 4) is 0 Å². The van der Waals surface area contributed by atoms with Crippen molar-refractivity contribution in [2.75, 3.05) is 6.61 Å². The molecular weight excluding hydrogens is 256 g/mol. The fourth-order valence-electron chi connectivity index (χ4n) is 2.65. The third kappa shape index (κ3) is 5.35. The number of hydrogen-bond donors (Lipinski definition) is 1. The molecule has 0 heterocycles. The topological polar surface area (TPSA) is 20.2 Å². The van der Waals surface area contributed by atoms with Gasteiger partial charge in [0.1, 0.15) is 0 Å². The maximum absolute atomic E-state index is 9.19. The molecule has 0 amide bonds. The molecule has 114 valence electrons. The van der Waals surface area contributed by atoms with E-state index in [2.05, 4.69) is 61.5 Å². The SMILES string of the molecule is CC.CCC(Cc1ccccc1)c1ccccc1CCO.